The highest BCUT2D eigenvalue weighted by Gasteiger charge is 2.62. The number of amides is 4. The van der Waals surface area contributed by atoms with Crippen LogP contribution in [0, 0.1) is 6.92 Å². The molecule has 1 fully saturated rings. The number of rotatable bonds is 4. The summed E-state index contributed by atoms with van der Waals surface area (Å²) in [6.45, 7) is 3.88. The maximum absolute atomic E-state index is 12.5. The second-order valence-electron chi connectivity index (χ2n) is 5.56. The van der Waals surface area contributed by atoms with E-state index in [9.17, 15) is 14.4 Å². The lowest BCUT2D eigenvalue weighted by atomic mass is 9.67. The van der Waals surface area contributed by atoms with Gasteiger partial charge in [0.05, 0.1) is 6.42 Å². The average Bonchev–Trinajstić information content (AvgIpc) is 2.46. The quantitative estimate of drug-likeness (QED) is 0.821. The van der Waals surface area contributed by atoms with Gasteiger partial charge < -0.3 is 11.1 Å². The first kappa shape index (κ1) is 16.0. The van der Waals surface area contributed by atoms with Crippen LogP contribution >= 0.6 is 0 Å². The molecular weight excluding hydrogens is 282 g/mol. The summed E-state index contributed by atoms with van der Waals surface area (Å²) in [6, 6.07) is 6.79. The first-order chi connectivity index (χ1) is 10.4. The Bertz CT molecular complexity index is 621. The molecule has 1 saturated heterocycles. The summed E-state index contributed by atoms with van der Waals surface area (Å²) in [4.78, 5) is 37.1. The lowest BCUT2D eigenvalue weighted by molar-refractivity contribution is -0.162. The molecule has 1 unspecified atom stereocenters. The van der Waals surface area contributed by atoms with Crippen molar-refractivity contribution in [2.24, 2.45) is 5.73 Å². The van der Waals surface area contributed by atoms with E-state index >= 15 is 0 Å². The number of hydrogen-bond donors (Lipinski definition) is 2. The molecule has 1 aliphatic rings. The van der Waals surface area contributed by atoms with E-state index in [2.05, 4.69) is 5.32 Å². The molecule has 0 bridgehead atoms. The lowest BCUT2D eigenvalue weighted by Crippen LogP contribution is -2.74. The van der Waals surface area contributed by atoms with Crippen molar-refractivity contribution in [1.29, 1.82) is 0 Å². The number of hydrogen-bond acceptors (Lipinski definition) is 3. The Balaban J connectivity index is 2.59. The summed E-state index contributed by atoms with van der Waals surface area (Å²) in [7, 11) is 1.50. The second-order valence-corrected chi connectivity index (χ2v) is 5.56. The van der Waals surface area contributed by atoms with Gasteiger partial charge in [0.25, 0.3) is 0 Å². The van der Waals surface area contributed by atoms with Crippen molar-refractivity contribution in [3.05, 3.63) is 35.4 Å². The molecule has 1 aliphatic heterocycles. The lowest BCUT2D eigenvalue weighted by Gasteiger charge is -2.52. The van der Waals surface area contributed by atoms with Crippen LogP contribution in [0.1, 0.15) is 36.8 Å². The number of carbonyl (C=O) groups excluding carboxylic acids is 3. The summed E-state index contributed by atoms with van der Waals surface area (Å²) < 4.78 is 0. The normalized spacial score (nSPS) is 22.0. The van der Waals surface area contributed by atoms with Crippen LogP contribution in [-0.4, -0.2) is 35.3 Å². The Kier molecular flexibility index (Phi) is 4.21. The number of nitrogens with zero attached hydrogens (tertiary/aromatic N) is 1. The van der Waals surface area contributed by atoms with Crippen LogP contribution < -0.4 is 11.1 Å². The number of primary amides is 1. The smallest absolute Gasteiger partial charge is 0.322 e. The van der Waals surface area contributed by atoms with E-state index < -0.39 is 17.5 Å². The molecule has 0 aromatic heterocycles. The molecule has 0 radical (unpaired) electrons. The number of β-lactam (4-membered cyclic amide) rings is 1. The van der Waals surface area contributed by atoms with Gasteiger partial charge in [-0.05, 0) is 24.5 Å². The van der Waals surface area contributed by atoms with E-state index in [-0.39, 0.29) is 18.2 Å². The van der Waals surface area contributed by atoms with Crippen LogP contribution in [0.5, 0.6) is 0 Å². The Morgan fingerprint density at radius 1 is 1.41 bits per heavy atom. The molecule has 2 atom stereocenters. The van der Waals surface area contributed by atoms with Crippen molar-refractivity contribution in [2.45, 2.75) is 38.1 Å². The third-order valence-corrected chi connectivity index (χ3v) is 4.46. The monoisotopic (exact) mass is 303 g/mol. The predicted molar refractivity (Wildman–Crippen MR) is 82.1 cm³/mol. The van der Waals surface area contributed by atoms with E-state index in [0.717, 1.165) is 16.0 Å². The third kappa shape index (κ3) is 2.15. The Hall–Kier alpha value is -2.37. The molecule has 1 heterocycles. The van der Waals surface area contributed by atoms with Gasteiger partial charge in [-0.1, -0.05) is 31.2 Å². The van der Waals surface area contributed by atoms with Crippen molar-refractivity contribution in [3.8, 4) is 0 Å². The minimum atomic E-state index is -1.24. The van der Waals surface area contributed by atoms with Crippen LogP contribution in [0.25, 0.3) is 0 Å². The van der Waals surface area contributed by atoms with Gasteiger partial charge in [-0.2, -0.15) is 0 Å². The molecule has 4 amide bonds. The zero-order valence-corrected chi connectivity index (χ0v) is 13.1. The topological polar surface area (TPSA) is 92.5 Å². The van der Waals surface area contributed by atoms with Crippen LogP contribution in [-0.2, 0) is 9.59 Å². The van der Waals surface area contributed by atoms with Gasteiger partial charge >= 0.3 is 6.03 Å². The number of imide groups is 1. The SMILES string of the molecule is CC[C@@H](c1ccccc1C)C1(C(=O)NC)CC(=O)N1C(N)=O. The molecule has 1 aromatic carbocycles. The van der Waals surface area contributed by atoms with Crippen molar-refractivity contribution >= 4 is 17.8 Å². The van der Waals surface area contributed by atoms with Crippen LogP contribution in [0.2, 0.25) is 0 Å². The van der Waals surface area contributed by atoms with Crippen LogP contribution in [0.15, 0.2) is 24.3 Å². The molecule has 0 spiro atoms. The standard InChI is InChI=1S/C16H21N3O3/c1-4-12(11-8-6-5-7-10(11)2)16(14(21)18-3)9-13(20)19(16)15(17)22/h5-8,12H,4,9H2,1-3H3,(H2,17,22)(H,18,21)/t12-,16?/m0/s1. The highest BCUT2D eigenvalue weighted by molar-refractivity contribution is 6.10. The third-order valence-electron chi connectivity index (χ3n) is 4.46. The molecule has 2 rings (SSSR count). The number of likely N-dealkylation sites (N-methyl/N-ethyl adjacent to an activating group) is 1. The fourth-order valence-corrected chi connectivity index (χ4v) is 3.47. The minimum Gasteiger partial charge on any atom is -0.357 e. The maximum Gasteiger partial charge on any atom is 0.322 e. The first-order valence-electron chi connectivity index (χ1n) is 7.30. The van der Waals surface area contributed by atoms with Gasteiger partial charge in [0, 0.05) is 13.0 Å². The fraction of sp³-hybridized carbons (Fsp3) is 0.438. The Labute approximate surface area is 129 Å². The fourth-order valence-electron chi connectivity index (χ4n) is 3.47. The summed E-state index contributed by atoms with van der Waals surface area (Å²) in [5.41, 5.74) is 6.08. The molecule has 0 saturated carbocycles. The number of aryl methyl sites for hydroxylation is 1. The van der Waals surface area contributed by atoms with Crippen molar-refractivity contribution in [2.75, 3.05) is 7.05 Å². The van der Waals surface area contributed by atoms with Gasteiger partial charge in [0.15, 0.2) is 0 Å². The zero-order chi connectivity index (χ0) is 16.5. The van der Waals surface area contributed by atoms with Gasteiger partial charge in [0.2, 0.25) is 11.8 Å². The molecule has 6 heteroatoms. The molecule has 118 valence electrons. The van der Waals surface area contributed by atoms with Gasteiger partial charge in [-0.15, -0.1) is 0 Å². The summed E-state index contributed by atoms with van der Waals surface area (Å²) in [5, 5.41) is 2.58. The number of carbonyl (C=O) groups is 3. The first-order valence-corrected chi connectivity index (χ1v) is 7.30. The summed E-state index contributed by atoms with van der Waals surface area (Å²) in [6.07, 6.45) is 0.595. The highest BCUT2D eigenvalue weighted by atomic mass is 16.2. The number of nitrogens with one attached hydrogen (secondary N) is 1. The predicted octanol–water partition coefficient (Wildman–Crippen LogP) is 1.28. The van der Waals surface area contributed by atoms with Crippen molar-refractivity contribution in [3.63, 3.8) is 0 Å². The molecule has 22 heavy (non-hydrogen) atoms. The largest absolute Gasteiger partial charge is 0.357 e. The van der Waals surface area contributed by atoms with E-state index in [0.29, 0.717) is 6.42 Å². The summed E-state index contributed by atoms with van der Waals surface area (Å²) in [5.74, 6) is -1.07. The zero-order valence-electron chi connectivity index (χ0n) is 13.1. The van der Waals surface area contributed by atoms with E-state index in [1.165, 1.54) is 7.05 Å². The van der Waals surface area contributed by atoms with Crippen LogP contribution in [0.3, 0.4) is 0 Å². The number of likely N-dealkylation sites (tertiary alicyclic amines) is 1. The van der Waals surface area contributed by atoms with Gasteiger partial charge in [-0.25, -0.2) is 9.69 Å². The molecule has 3 N–H and O–H groups in total. The second kappa shape index (κ2) is 5.79. The minimum absolute atomic E-state index is 0.0115. The Morgan fingerprint density at radius 2 is 2.05 bits per heavy atom. The summed E-state index contributed by atoms with van der Waals surface area (Å²) >= 11 is 0. The van der Waals surface area contributed by atoms with Gasteiger partial charge in [-0.3, -0.25) is 9.59 Å². The van der Waals surface area contributed by atoms with E-state index in [1.807, 2.05) is 38.1 Å². The Morgan fingerprint density at radius 3 is 2.50 bits per heavy atom. The van der Waals surface area contributed by atoms with Crippen LogP contribution in [0.4, 0.5) is 4.79 Å². The highest BCUT2D eigenvalue weighted by Crippen LogP contribution is 2.46. The average molecular weight is 303 g/mol. The molecule has 1 aromatic rings. The number of nitrogens with two attached hydrogens (primary N) is 1. The maximum atomic E-state index is 12.5. The molecular formula is C16H21N3O3. The van der Waals surface area contributed by atoms with Gasteiger partial charge in [0.1, 0.15) is 5.54 Å². The number of benzene rings is 1. The van der Waals surface area contributed by atoms with Crippen molar-refractivity contribution in [1.82, 2.24) is 10.2 Å². The van der Waals surface area contributed by atoms with E-state index in [1.54, 1.807) is 0 Å². The molecule has 0 aliphatic carbocycles. The number of urea groups is 1. The van der Waals surface area contributed by atoms with Crippen molar-refractivity contribution < 1.29 is 14.4 Å². The molecule has 6 nitrogen and oxygen atoms in total. The van der Waals surface area contributed by atoms with E-state index in [4.69, 9.17) is 5.73 Å².